The normalized spacial score (nSPS) is 10.4. The Morgan fingerprint density at radius 2 is 1.70 bits per heavy atom. The van der Waals surface area contributed by atoms with E-state index in [1.165, 1.54) is 0 Å². The highest BCUT2D eigenvalue weighted by Gasteiger charge is 2.04. The highest BCUT2D eigenvalue weighted by molar-refractivity contribution is 8.76. The Morgan fingerprint density at radius 1 is 0.892 bits per heavy atom. The zero-order valence-electron chi connectivity index (χ0n) is 21.6. The van der Waals surface area contributed by atoms with E-state index in [0.29, 0.717) is 71.6 Å². The first-order valence-electron chi connectivity index (χ1n) is 12.4. The van der Waals surface area contributed by atoms with Crippen LogP contribution >= 0.6 is 21.6 Å². The minimum absolute atomic E-state index is 0.0496. The Balaban J connectivity index is 1.98. The molecule has 1 aromatic carbocycles. The second-order valence-corrected chi connectivity index (χ2v) is 9.78. The molecule has 0 saturated heterocycles. The largest absolute Gasteiger partial charge is 0.377 e. The van der Waals surface area contributed by atoms with Gasteiger partial charge in [-0.05, 0) is 30.5 Å². The molecule has 12 heteroatoms. The molecule has 37 heavy (non-hydrogen) atoms. The van der Waals surface area contributed by atoms with Crippen LogP contribution in [0.3, 0.4) is 0 Å². The average Bonchev–Trinajstić information content (AvgIpc) is 2.90. The Bertz CT molecular complexity index is 790. The van der Waals surface area contributed by atoms with Crippen molar-refractivity contribution < 1.29 is 28.8 Å². The highest BCUT2D eigenvalue weighted by Crippen LogP contribution is 2.31. The topological polar surface area (TPSA) is 133 Å². The Hall–Kier alpha value is -1.98. The molecule has 0 bridgehead atoms. The number of nitrogens with one attached hydrogen (secondary N) is 3. The van der Waals surface area contributed by atoms with Crippen LogP contribution in [0, 0.1) is 11.8 Å². The highest BCUT2D eigenvalue weighted by atomic mass is 33.1. The summed E-state index contributed by atoms with van der Waals surface area (Å²) >= 11 is 0. The van der Waals surface area contributed by atoms with Crippen molar-refractivity contribution >= 4 is 33.5 Å². The van der Waals surface area contributed by atoms with Gasteiger partial charge in [0.1, 0.15) is 12.5 Å². The molecule has 0 heterocycles. The lowest BCUT2D eigenvalue weighted by Crippen LogP contribution is -2.36. The van der Waals surface area contributed by atoms with Crippen LogP contribution in [-0.4, -0.2) is 77.1 Å². The van der Waals surface area contributed by atoms with Crippen molar-refractivity contribution in [2.75, 3.05) is 65.2 Å². The van der Waals surface area contributed by atoms with E-state index in [9.17, 15) is 9.59 Å². The van der Waals surface area contributed by atoms with Gasteiger partial charge in [0.25, 0.3) is 0 Å². The first kappa shape index (κ1) is 33.0. The maximum absolute atomic E-state index is 12.1. The molecule has 0 radical (unpaired) electrons. The Labute approximate surface area is 228 Å². The standard InChI is InChI=1S/C25H40N4O6S2/c1-2-3-4-12-28-25(31)29-13-5-6-15-33-21-36-37-23-9-7-22(8-10-23)20-24(30)27-14-17-32-18-19-35-34-16-11-26/h7-10H,2,5-6,11-21,26H2,1H3,(H,27,30)(H2,28,29,31). The van der Waals surface area contributed by atoms with Crippen molar-refractivity contribution in [1.82, 2.24) is 16.0 Å². The Kier molecular flexibility index (Phi) is 21.8. The zero-order valence-corrected chi connectivity index (χ0v) is 23.2. The van der Waals surface area contributed by atoms with Gasteiger partial charge in [-0.3, -0.25) is 4.79 Å². The number of ether oxygens (including phenoxy) is 2. The SMILES string of the molecule is CCC#CCNC(=O)NCCCCOCSSc1ccc(CC(=O)NCCOCCOOCCN)cc1. The summed E-state index contributed by atoms with van der Waals surface area (Å²) in [5.74, 6) is 6.29. The maximum Gasteiger partial charge on any atom is 0.315 e. The molecular weight excluding hydrogens is 516 g/mol. The van der Waals surface area contributed by atoms with E-state index in [1.807, 2.05) is 31.2 Å². The fraction of sp³-hybridized carbons (Fsp3) is 0.600. The molecule has 208 valence electrons. The first-order chi connectivity index (χ1) is 18.2. The zero-order chi connectivity index (χ0) is 26.8. The van der Waals surface area contributed by atoms with Crippen LogP contribution in [0.2, 0.25) is 0 Å². The maximum atomic E-state index is 12.1. The molecule has 3 amide bonds. The van der Waals surface area contributed by atoms with Gasteiger partial charge in [0.15, 0.2) is 0 Å². The van der Waals surface area contributed by atoms with E-state index < -0.39 is 0 Å². The van der Waals surface area contributed by atoms with E-state index >= 15 is 0 Å². The number of carbonyl (C=O) groups is 2. The smallest absolute Gasteiger partial charge is 0.315 e. The second kappa shape index (κ2) is 24.4. The molecule has 0 unspecified atom stereocenters. The summed E-state index contributed by atoms with van der Waals surface area (Å²) in [5, 5.41) is 8.32. The van der Waals surface area contributed by atoms with Gasteiger partial charge in [-0.25, -0.2) is 14.6 Å². The summed E-state index contributed by atoms with van der Waals surface area (Å²) in [6.45, 7) is 5.90. The lowest BCUT2D eigenvalue weighted by Gasteiger charge is -2.08. The summed E-state index contributed by atoms with van der Waals surface area (Å²) in [7, 11) is 3.25. The fourth-order valence-electron chi connectivity index (χ4n) is 2.62. The van der Waals surface area contributed by atoms with Crippen LogP contribution in [0.1, 0.15) is 31.7 Å². The van der Waals surface area contributed by atoms with Gasteiger partial charge in [-0.15, -0.1) is 5.92 Å². The molecular formula is C25H40N4O6S2. The van der Waals surface area contributed by atoms with Crippen LogP contribution in [0.15, 0.2) is 29.2 Å². The van der Waals surface area contributed by atoms with Crippen LogP contribution < -0.4 is 21.7 Å². The average molecular weight is 557 g/mol. The van der Waals surface area contributed by atoms with E-state index in [0.717, 1.165) is 29.7 Å². The number of carbonyl (C=O) groups excluding carboxylic acids is 2. The molecule has 0 aliphatic rings. The third kappa shape index (κ3) is 20.7. The summed E-state index contributed by atoms with van der Waals surface area (Å²) in [5.41, 5.74) is 6.22. The van der Waals surface area contributed by atoms with E-state index in [2.05, 4.69) is 27.8 Å². The molecule has 0 aliphatic heterocycles. The number of unbranched alkanes of at least 4 members (excludes halogenated alkanes) is 1. The van der Waals surface area contributed by atoms with Crippen molar-refractivity contribution in [2.24, 2.45) is 5.73 Å². The number of urea groups is 1. The third-order valence-corrected chi connectivity index (χ3v) is 6.44. The van der Waals surface area contributed by atoms with Crippen molar-refractivity contribution in [2.45, 2.75) is 37.5 Å². The summed E-state index contributed by atoms with van der Waals surface area (Å²) in [6, 6.07) is 7.72. The molecule has 0 aliphatic carbocycles. The molecule has 5 N–H and O–H groups in total. The minimum Gasteiger partial charge on any atom is -0.377 e. The lowest BCUT2D eigenvalue weighted by atomic mass is 10.1. The monoisotopic (exact) mass is 556 g/mol. The minimum atomic E-state index is -0.192. The fourth-order valence-corrected chi connectivity index (χ4v) is 4.33. The quantitative estimate of drug-likeness (QED) is 0.0450. The molecule has 0 fully saturated rings. The number of amides is 3. The number of rotatable bonds is 21. The number of benzene rings is 1. The van der Waals surface area contributed by atoms with E-state index in [4.69, 9.17) is 25.0 Å². The number of hydrogen-bond acceptors (Lipinski definition) is 9. The molecule has 1 rings (SSSR count). The number of hydrogen-bond donors (Lipinski definition) is 4. The van der Waals surface area contributed by atoms with E-state index in [1.54, 1.807) is 21.6 Å². The van der Waals surface area contributed by atoms with Crippen molar-refractivity contribution in [1.29, 1.82) is 0 Å². The molecule has 0 saturated carbocycles. The van der Waals surface area contributed by atoms with Gasteiger partial charge in [0, 0.05) is 37.6 Å². The van der Waals surface area contributed by atoms with Gasteiger partial charge < -0.3 is 31.2 Å². The predicted octanol–water partition coefficient (Wildman–Crippen LogP) is 2.48. The van der Waals surface area contributed by atoms with Gasteiger partial charge in [0.2, 0.25) is 5.91 Å². The van der Waals surface area contributed by atoms with Crippen LogP contribution in [0.25, 0.3) is 0 Å². The first-order valence-corrected chi connectivity index (χ1v) is 14.7. The molecule has 0 spiro atoms. The van der Waals surface area contributed by atoms with E-state index in [-0.39, 0.29) is 11.9 Å². The van der Waals surface area contributed by atoms with Crippen molar-refractivity contribution in [3.8, 4) is 11.8 Å². The van der Waals surface area contributed by atoms with Crippen molar-refractivity contribution in [3.05, 3.63) is 29.8 Å². The summed E-state index contributed by atoms with van der Waals surface area (Å²) in [6.07, 6.45) is 2.84. The van der Waals surface area contributed by atoms with Gasteiger partial charge >= 0.3 is 6.03 Å². The summed E-state index contributed by atoms with van der Waals surface area (Å²) in [4.78, 5) is 34.3. The Morgan fingerprint density at radius 3 is 2.49 bits per heavy atom. The lowest BCUT2D eigenvalue weighted by molar-refractivity contribution is -0.296. The molecule has 0 atom stereocenters. The predicted molar refractivity (Wildman–Crippen MR) is 148 cm³/mol. The van der Waals surface area contributed by atoms with Crippen LogP contribution in [0.5, 0.6) is 0 Å². The number of nitrogens with two attached hydrogens (primary N) is 1. The summed E-state index contributed by atoms with van der Waals surface area (Å²) < 4.78 is 11.0. The molecule has 0 aromatic heterocycles. The van der Waals surface area contributed by atoms with Crippen LogP contribution in [-0.2, 0) is 30.5 Å². The van der Waals surface area contributed by atoms with Crippen molar-refractivity contribution in [3.63, 3.8) is 0 Å². The second-order valence-electron chi connectivity index (χ2n) is 7.47. The molecule has 10 nitrogen and oxygen atoms in total. The molecule has 1 aromatic rings. The third-order valence-electron chi connectivity index (χ3n) is 4.38. The van der Waals surface area contributed by atoms with Crippen LogP contribution in [0.4, 0.5) is 4.79 Å². The van der Waals surface area contributed by atoms with Gasteiger partial charge in [0.05, 0.1) is 32.8 Å². The van der Waals surface area contributed by atoms with Gasteiger partial charge in [-0.1, -0.05) is 46.6 Å². The van der Waals surface area contributed by atoms with Gasteiger partial charge in [-0.2, -0.15) is 0 Å².